The van der Waals surface area contributed by atoms with Gasteiger partial charge in [-0.25, -0.2) is 14.4 Å². The molecule has 366 valence electrons. The Morgan fingerprint density at radius 3 is 0.825 bits per heavy atom. The van der Waals surface area contributed by atoms with Crippen molar-refractivity contribution in [2.75, 3.05) is 19.8 Å². The molecule has 4 unspecified atom stereocenters. The zero-order valence-electron chi connectivity index (χ0n) is 41.5. The molecule has 1 rings (SSSR count). The van der Waals surface area contributed by atoms with Gasteiger partial charge in [0.2, 0.25) is 17.7 Å². The van der Waals surface area contributed by atoms with E-state index in [1.54, 1.807) is 0 Å². The summed E-state index contributed by atoms with van der Waals surface area (Å²) in [6.07, 6.45) is 20.4. The van der Waals surface area contributed by atoms with Gasteiger partial charge in [0, 0.05) is 17.8 Å². The topological polar surface area (TPSA) is 166 Å². The summed E-state index contributed by atoms with van der Waals surface area (Å²) in [6.45, 7) is 19.2. The highest BCUT2D eigenvalue weighted by atomic mass is 16.5. The van der Waals surface area contributed by atoms with E-state index in [1.807, 2.05) is 41.5 Å². The molecule has 0 bridgehead atoms. The fourth-order valence-corrected chi connectivity index (χ4v) is 8.35. The number of carbonyl (C=O) groups excluding carboxylic acids is 6. The van der Waals surface area contributed by atoms with Crippen LogP contribution in [0.5, 0.6) is 0 Å². The van der Waals surface area contributed by atoms with E-state index >= 15 is 0 Å². The Balaban J connectivity index is 3.27. The monoisotopic (exact) mass is 892 g/mol. The van der Waals surface area contributed by atoms with Crippen LogP contribution in [0.4, 0.5) is 0 Å². The molecule has 63 heavy (non-hydrogen) atoms. The number of amides is 3. The highest BCUT2D eigenvalue weighted by molar-refractivity contribution is 5.91. The van der Waals surface area contributed by atoms with Gasteiger partial charge in [0.1, 0.15) is 18.1 Å². The van der Waals surface area contributed by atoms with Gasteiger partial charge in [-0.3, -0.25) is 14.4 Å². The van der Waals surface area contributed by atoms with E-state index in [2.05, 4.69) is 36.7 Å². The Hall–Kier alpha value is -3.18. The molecule has 0 aromatic heterocycles. The van der Waals surface area contributed by atoms with Crippen molar-refractivity contribution in [1.82, 2.24) is 16.0 Å². The zero-order valence-corrected chi connectivity index (χ0v) is 41.5. The van der Waals surface area contributed by atoms with E-state index in [-0.39, 0.29) is 56.8 Å². The van der Waals surface area contributed by atoms with Crippen molar-refractivity contribution in [3.63, 3.8) is 0 Å². The average molecular weight is 892 g/mol. The number of rotatable bonds is 36. The number of ether oxygens (including phenoxy) is 3. The lowest BCUT2D eigenvalue weighted by molar-refractivity contribution is -0.151. The van der Waals surface area contributed by atoms with E-state index < -0.39 is 71.5 Å². The minimum absolute atomic E-state index is 0.0812. The molecule has 5 atom stereocenters. The molecule has 1 aliphatic carbocycles. The van der Waals surface area contributed by atoms with E-state index in [0.29, 0.717) is 19.3 Å². The Kier molecular flexibility index (Phi) is 32.2. The summed E-state index contributed by atoms with van der Waals surface area (Å²) in [7, 11) is 0. The lowest BCUT2D eigenvalue weighted by atomic mass is 9.73. The van der Waals surface area contributed by atoms with E-state index in [0.717, 1.165) is 96.3 Å². The molecule has 0 heterocycles. The summed E-state index contributed by atoms with van der Waals surface area (Å²) in [5, 5.41) is 8.82. The van der Waals surface area contributed by atoms with Crippen LogP contribution in [0.3, 0.4) is 0 Å². The second-order valence-corrected chi connectivity index (χ2v) is 19.7. The van der Waals surface area contributed by atoms with E-state index in [4.69, 9.17) is 14.2 Å². The van der Waals surface area contributed by atoms with Crippen LogP contribution in [0, 0.1) is 35.5 Å². The number of carbonyl (C=O) groups is 6. The minimum atomic E-state index is -0.882. The molecule has 1 fully saturated rings. The Morgan fingerprint density at radius 2 is 0.603 bits per heavy atom. The molecule has 1 saturated carbocycles. The third-order valence-electron chi connectivity index (χ3n) is 12.0. The smallest absolute Gasteiger partial charge is 0.328 e. The van der Waals surface area contributed by atoms with Crippen molar-refractivity contribution in [3.8, 4) is 0 Å². The van der Waals surface area contributed by atoms with Crippen LogP contribution in [0.15, 0.2) is 0 Å². The van der Waals surface area contributed by atoms with Gasteiger partial charge in [0.15, 0.2) is 0 Å². The molecule has 0 aromatic rings. The van der Waals surface area contributed by atoms with Crippen LogP contribution in [0.1, 0.15) is 216 Å². The highest BCUT2D eigenvalue weighted by Crippen LogP contribution is 2.35. The first-order valence-electron chi connectivity index (χ1n) is 25.5. The predicted octanol–water partition coefficient (Wildman–Crippen LogP) is 10.3. The maximum atomic E-state index is 14.2. The Morgan fingerprint density at radius 1 is 0.381 bits per heavy atom. The molecule has 0 saturated heterocycles. The van der Waals surface area contributed by atoms with Crippen molar-refractivity contribution in [3.05, 3.63) is 0 Å². The van der Waals surface area contributed by atoms with Gasteiger partial charge in [-0.2, -0.15) is 0 Å². The maximum Gasteiger partial charge on any atom is 0.328 e. The summed E-state index contributed by atoms with van der Waals surface area (Å²) in [5.74, 6) is -4.89. The molecule has 3 N–H and O–H groups in total. The molecule has 0 radical (unpaired) electrons. The second kappa shape index (κ2) is 35.1. The van der Waals surface area contributed by atoms with Gasteiger partial charge in [-0.05, 0) is 75.5 Å². The normalized spacial score (nSPS) is 17.8. The molecule has 0 aliphatic heterocycles. The van der Waals surface area contributed by atoms with Crippen molar-refractivity contribution >= 4 is 35.6 Å². The molecule has 12 heteroatoms. The average Bonchev–Trinajstić information content (AvgIpc) is 3.23. The first-order valence-corrected chi connectivity index (χ1v) is 25.5. The number of unbranched alkanes of at least 4 members (excludes halogenated alkanes) is 15. The van der Waals surface area contributed by atoms with E-state index in [1.165, 1.54) is 19.3 Å². The van der Waals surface area contributed by atoms with Gasteiger partial charge in [0.05, 0.1) is 19.8 Å². The van der Waals surface area contributed by atoms with Gasteiger partial charge < -0.3 is 30.2 Å². The summed E-state index contributed by atoms with van der Waals surface area (Å²) in [4.78, 5) is 82.7. The van der Waals surface area contributed by atoms with Crippen LogP contribution >= 0.6 is 0 Å². The first-order chi connectivity index (χ1) is 30.1. The lowest BCUT2D eigenvalue weighted by Crippen LogP contribution is -2.52. The van der Waals surface area contributed by atoms with Crippen LogP contribution < -0.4 is 16.0 Å². The Labute approximate surface area is 383 Å². The number of hydrogen-bond donors (Lipinski definition) is 3. The van der Waals surface area contributed by atoms with Gasteiger partial charge in [-0.15, -0.1) is 0 Å². The molecular weight excluding hydrogens is 799 g/mol. The van der Waals surface area contributed by atoms with Gasteiger partial charge in [-0.1, -0.05) is 159 Å². The largest absolute Gasteiger partial charge is 0.464 e. The molecular formula is C51H93N3O9. The molecule has 1 aliphatic rings. The van der Waals surface area contributed by atoms with Crippen LogP contribution in [0.2, 0.25) is 0 Å². The molecule has 3 amide bonds. The van der Waals surface area contributed by atoms with Gasteiger partial charge in [0.25, 0.3) is 0 Å². The van der Waals surface area contributed by atoms with Crippen LogP contribution in [-0.2, 0) is 43.0 Å². The fraction of sp³-hybridized carbons (Fsp3) is 0.882. The standard InChI is InChI=1S/C51H93N3O9/c1-10-13-16-19-22-25-28-61-49(58)43(31-37(4)5)52-46(55)40-34-41(47(56)53-44(32-38(6)7)50(59)62-29-26-23-20-17-14-11-2)36-42(35-40)48(57)54-45(33-39(8)9)51(60)63-30-27-24-21-18-15-12-3/h37-45H,10-36H2,1-9H3,(H,52,55)(H,53,56)(H,54,57)/t40?,41?,42?,43-,44?,45?/m0/s1. The highest BCUT2D eigenvalue weighted by Gasteiger charge is 2.42. The number of nitrogens with one attached hydrogen (secondary N) is 3. The maximum absolute atomic E-state index is 14.2. The van der Waals surface area contributed by atoms with Crippen LogP contribution in [-0.4, -0.2) is 73.6 Å². The quantitative estimate of drug-likeness (QED) is 0.0315. The lowest BCUT2D eigenvalue weighted by Gasteiger charge is -2.35. The van der Waals surface area contributed by atoms with Crippen molar-refractivity contribution in [2.45, 2.75) is 235 Å². The fourth-order valence-electron chi connectivity index (χ4n) is 8.35. The van der Waals surface area contributed by atoms with E-state index in [9.17, 15) is 28.8 Å². The first kappa shape index (κ1) is 57.8. The minimum Gasteiger partial charge on any atom is -0.464 e. The third-order valence-corrected chi connectivity index (χ3v) is 12.0. The zero-order chi connectivity index (χ0) is 47.0. The number of hydrogen-bond acceptors (Lipinski definition) is 9. The van der Waals surface area contributed by atoms with Gasteiger partial charge >= 0.3 is 17.9 Å². The van der Waals surface area contributed by atoms with Crippen LogP contribution in [0.25, 0.3) is 0 Å². The summed E-state index contributed by atoms with van der Waals surface area (Å²) < 4.78 is 17.0. The number of esters is 3. The van der Waals surface area contributed by atoms with Crippen molar-refractivity contribution in [2.24, 2.45) is 35.5 Å². The summed E-state index contributed by atoms with van der Waals surface area (Å²) in [6, 6.07) is -2.65. The van der Waals surface area contributed by atoms with Crippen molar-refractivity contribution in [1.29, 1.82) is 0 Å². The molecule has 0 spiro atoms. The molecule has 12 nitrogen and oxygen atoms in total. The SMILES string of the molecule is CCCCCCCCOC(=O)C(CC(C)C)NC(=O)C1CC(C(=O)NC(CC(C)C)C(=O)OCCCCCCCC)CC(C(=O)N[C@@H](CC(C)C)C(=O)OCCCCCCCC)C1. The Bertz CT molecular complexity index is 1130. The second-order valence-electron chi connectivity index (χ2n) is 19.7. The van der Waals surface area contributed by atoms with Crippen molar-refractivity contribution < 1.29 is 43.0 Å². The third kappa shape index (κ3) is 27.0. The summed E-state index contributed by atoms with van der Waals surface area (Å²) in [5.41, 5.74) is 0. The summed E-state index contributed by atoms with van der Waals surface area (Å²) >= 11 is 0. The predicted molar refractivity (Wildman–Crippen MR) is 251 cm³/mol. The molecule has 0 aromatic carbocycles.